The lowest BCUT2D eigenvalue weighted by Crippen LogP contribution is -1.69. The molecule has 6 heteroatoms. The van der Waals surface area contributed by atoms with Gasteiger partial charge in [-0.15, -0.1) is 0 Å². The highest BCUT2D eigenvalue weighted by Crippen LogP contribution is 2.21. The van der Waals surface area contributed by atoms with E-state index in [9.17, 15) is 0 Å². The predicted octanol–water partition coefficient (Wildman–Crippen LogP) is 3.29. The fourth-order valence-corrected chi connectivity index (χ4v) is 1.80. The van der Waals surface area contributed by atoms with Crippen LogP contribution in [0.1, 0.15) is 0 Å². The van der Waals surface area contributed by atoms with Crippen molar-refractivity contribution in [2.75, 3.05) is 0 Å². The number of benzene rings is 1. The molecule has 0 spiro atoms. The maximum atomic E-state index is 5.24. The van der Waals surface area contributed by atoms with Gasteiger partial charge in [-0.2, -0.15) is 0 Å². The van der Waals surface area contributed by atoms with Gasteiger partial charge in [0.1, 0.15) is 0 Å². The Labute approximate surface area is 87.5 Å². The lowest BCUT2D eigenvalue weighted by Gasteiger charge is -1.86. The van der Waals surface area contributed by atoms with E-state index in [-0.39, 0.29) is 0 Å². The molecule has 0 saturated carbocycles. The number of aromatic nitrogens is 2. The van der Waals surface area contributed by atoms with Crippen LogP contribution in [-0.2, 0) is 0 Å². The zero-order valence-electron chi connectivity index (χ0n) is 6.79. The summed E-state index contributed by atoms with van der Waals surface area (Å²) in [6, 6.07) is 3.60. The molecule has 0 saturated heterocycles. The maximum absolute atomic E-state index is 5.24. The predicted molar refractivity (Wildman–Crippen MR) is 56.4 cm³/mol. The van der Waals surface area contributed by atoms with E-state index in [1.54, 1.807) is 6.07 Å². The summed E-state index contributed by atoms with van der Waals surface area (Å²) in [6.07, 6.45) is 0. The Morgan fingerprint density at radius 1 is 0.857 bits per heavy atom. The van der Waals surface area contributed by atoms with E-state index >= 15 is 0 Å². The third-order valence-corrected chi connectivity index (χ3v) is 2.33. The van der Waals surface area contributed by atoms with Gasteiger partial charge < -0.3 is 18.8 Å². The summed E-state index contributed by atoms with van der Waals surface area (Å²) in [6.45, 7) is 0. The van der Waals surface area contributed by atoms with Crippen LogP contribution in [0.25, 0.3) is 22.2 Å². The van der Waals surface area contributed by atoms with Gasteiger partial charge in [-0.1, -0.05) is 0 Å². The Kier molecular flexibility index (Phi) is 1.45. The van der Waals surface area contributed by atoms with Crippen molar-refractivity contribution in [3.8, 4) is 0 Å². The number of rotatable bonds is 0. The minimum atomic E-state index is 0.353. The van der Waals surface area contributed by atoms with Crippen LogP contribution < -0.4 is 0 Å². The first-order valence-corrected chi connectivity index (χ1v) is 4.70. The number of nitrogens with one attached hydrogen (secondary N) is 2. The number of oxazole rings is 2. The second-order valence-electron chi connectivity index (χ2n) is 2.87. The summed E-state index contributed by atoms with van der Waals surface area (Å²) in [5.74, 6) is 0. The quantitative estimate of drug-likeness (QED) is 0.575. The average Bonchev–Trinajstić information content (AvgIpc) is 2.59. The third-order valence-electron chi connectivity index (χ3n) is 1.96. The molecule has 1 aromatic carbocycles. The third kappa shape index (κ3) is 1.04. The second-order valence-corrected chi connectivity index (χ2v) is 3.62. The lowest BCUT2D eigenvalue weighted by atomic mass is 10.3. The molecule has 3 aromatic rings. The number of hydrogen-bond donors (Lipinski definition) is 2. The van der Waals surface area contributed by atoms with E-state index in [0.717, 1.165) is 11.0 Å². The topological polar surface area (TPSA) is 57.9 Å². The molecule has 4 nitrogen and oxygen atoms in total. The smallest absolute Gasteiger partial charge is 0.266 e. The van der Waals surface area contributed by atoms with Gasteiger partial charge in [0.05, 0.1) is 11.0 Å². The van der Waals surface area contributed by atoms with Gasteiger partial charge in [0, 0.05) is 6.07 Å². The van der Waals surface area contributed by atoms with Crippen molar-refractivity contribution in [2.45, 2.75) is 0 Å². The van der Waals surface area contributed by atoms with E-state index in [1.807, 2.05) is 6.07 Å². The highest BCUT2D eigenvalue weighted by atomic mass is 32.1. The van der Waals surface area contributed by atoms with Crippen molar-refractivity contribution >= 4 is 46.6 Å². The molecule has 0 radical (unpaired) electrons. The van der Waals surface area contributed by atoms with Crippen LogP contribution in [0.15, 0.2) is 21.0 Å². The fraction of sp³-hybridized carbons (Fsp3) is 0. The van der Waals surface area contributed by atoms with Crippen molar-refractivity contribution < 1.29 is 8.83 Å². The molecule has 0 aliphatic carbocycles. The van der Waals surface area contributed by atoms with Crippen molar-refractivity contribution in [2.24, 2.45) is 0 Å². The van der Waals surface area contributed by atoms with Crippen LogP contribution in [0.2, 0.25) is 0 Å². The summed E-state index contributed by atoms with van der Waals surface area (Å²) in [7, 11) is 0. The molecular formula is C8H4N2O2S2. The van der Waals surface area contributed by atoms with Gasteiger partial charge in [0.25, 0.3) is 9.67 Å². The highest BCUT2D eigenvalue weighted by molar-refractivity contribution is 7.71. The lowest BCUT2D eigenvalue weighted by molar-refractivity contribution is 0.573. The Hall–Kier alpha value is -1.40. The van der Waals surface area contributed by atoms with Gasteiger partial charge >= 0.3 is 0 Å². The molecule has 0 amide bonds. The Balaban J connectivity index is 2.61. The van der Waals surface area contributed by atoms with Crippen LogP contribution in [-0.4, -0.2) is 9.97 Å². The average molecular weight is 224 g/mol. The van der Waals surface area contributed by atoms with E-state index in [1.165, 1.54) is 0 Å². The van der Waals surface area contributed by atoms with Crippen LogP contribution in [0.3, 0.4) is 0 Å². The van der Waals surface area contributed by atoms with E-state index in [0.29, 0.717) is 20.8 Å². The molecule has 0 unspecified atom stereocenters. The summed E-state index contributed by atoms with van der Waals surface area (Å²) < 4.78 is 10.5. The molecule has 14 heavy (non-hydrogen) atoms. The van der Waals surface area contributed by atoms with Crippen molar-refractivity contribution in [3.05, 3.63) is 21.8 Å². The van der Waals surface area contributed by atoms with E-state index < -0.39 is 0 Å². The maximum Gasteiger partial charge on any atom is 0.266 e. The number of aromatic amines is 2. The molecule has 2 N–H and O–H groups in total. The second kappa shape index (κ2) is 2.55. The van der Waals surface area contributed by atoms with Gasteiger partial charge in [-0.05, 0) is 30.5 Å². The molecule has 0 atom stereocenters. The van der Waals surface area contributed by atoms with Crippen molar-refractivity contribution in [3.63, 3.8) is 0 Å². The molecular weight excluding hydrogens is 220 g/mol. The van der Waals surface area contributed by atoms with Gasteiger partial charge in [-0.25, -0.2) is 0 Å². The summed E-state index contributed by atoms with van der Waals surface area (Å²) >= 11 is 9.74. The Morgan fingerprint density at radius 2 is 1.36 bits per heavy atom. The van der Waals surface area contributed by atoms with Gasteiger partial charge in [0.15, 0.2) is 11.2 Å². The standard InChI is InChI=1S/C8H4N2O2S2/c13-7-9-3-1-4-6(2-5(3)11-7)12-8(14)10-4/h1-2H,(H,9,13)(H,10,14). The van der Waals surface area contributed by atoms with Crippen LogP contribution in [0.4, 0.5) is 0 Å². The van der Waals surface area contributed by atoms with Crippen molar-refractivity contribution in [1.82, 2.24) is 9.97 Å². The molecule has 0 bridgehead atoms. The number of fused-ring (bicyclic) bond motifs is 2. The fourth-order valence-electron chi connectivity index (χ4n) is 1.40. The SMILES string of the molecule is S=c1[nH]c2cc3[nH]c(=S)oc3cc2o1. The molecule has 2 aromatic heterocycles. The summed E-state index contributed by atoms with van der Waals surface area (Å²) in [4.78, 5) is 6.53. The zero-order valence-corrected chi connectivity index (χ0v) is 8.42. The Morgan fingerprint density at radius 3 is 1.86 bits per heavy atom. The molecule has 2 heterocycles. The molecule has 0 aliphatic heterocycles. The van der Waals surface area contributed by atoms with Gasteiger partial charge in [0.2, 0.25) is 0 Å². The van der Waals surface area contributed by atoms with Crippen LogP contribution in [0, 0.1) is 9.67 Å². The van der Waals surface area contributed by atoms with Gasteiger partial charge in [-0.3, -0.25) is 0 Å². The highest BCUT2D eigenvalue weighted by Gasteiger charge is 2.04. The summed E-state index contributed by atoms with van der Waals surface area (Å²) in [5.41, 5.74) is 2.99. The normalized spacial score (nSPS) is 11.4. The minimum Gasteiger partial charge on any atom is -0.429 e. The molecule has 70 valence electrons. The summed E-state index contributed by atoms with van der Waals surface area (Å²) in [5, 5.41) is 0. The number of hydrogen-bond acceptors (Lipinski definition) is 4. The molecule has 0 fully saturated rings. The first-order valence-electron chi connectivity index (χ1n) is 3.88. The van der Waals surface area contributed by atoms with Crippen LogP contribution in [0.5, 0.6) is 0 Å². The monoisotopic (exact) mass is 224 g/mol. The van der Waals surface area contributed by atoms with E-state index in [4.69, 9.17) is 33.3 Å². The van der Waals surface area contributed by atoms with Crippen molar-refractivity contribution in [1.29, 1.82) is 0 Å². The van der Waals surface area contributed by atoms with Crippen LogP contribution >= 0.6 is 24.4 Å². The van der Waals surface area contributed by atoms with E-state index in [2.05, 4.69) is 9.97 Å². The zero-order chi connectivity index (χ0) is 9.71. The first-order chi connectivity index (χ1) is 6.72. The molecule has 0 aliphatic rings. The number of H-pyrrole nitrogens is 2. The largest absolute Gasteiger partial charge is 0.429 e. The first kappa shape index (κ1) is 7.95. The molecule has 3 rings (SSSR count). The minimum absolute atomic E-state index is 0.353. The Bertz CT molecular complexity index is 614.